The second kappa shape index (κ2) is 9.51. The maximum Gasteiger partial charge on any atom is 0.243 e. The molecule has 0 bridgehead atoms. The highest BCUT2D eigenvalue weighted by Gasteiger charge is 2.39. The van der Waals surface area contributed by atoms with E-state index in [9.17, 15) is 13.2 Å². The lowest BCUT2D eigenvalue weighted by molar-refractivity contribution is -0.140. The molecule has 1 saturated carbocycles. The van der Waals surface area contributed by atoms with Crippen molar-refractivity contribution in [1.82, 2.24) is 9.21 Å². The third-order valence-corrected chi connectivity index (χ3v) is 9.33. The fourth-order valence-corrected chi connectivity index (χ4v) is 6.60. The number of fused-ring (bicyclic) bond motifs is 1. The van der Waals surface area contributed by atoms with E-state index in [4.69, 9.17) is 0 Å². The van der Waals surface area contributed by atoms with E-state index in [1.54, 1.807) is 16.4 Å². The van der Waals surface area contributed by atoms with Gasteiger partial charge in [-0.15, -0.1) is 0 Å². The maximum atomic E-state index is 13.6. The SMILES string of the molecule is CC(C1CC1)N(Cc1ccccc1)C(=O)C1CCN(S(=O)(=O)c2ccc3ccccc3c2)CC1. The van der Waals surface area contributed by atoms with Gasteiger partial charge in [0.1, 0.15) is 0 Å². The van der Waals surface area contributed by atoms with Crippen molar-refractivity contribution in [2.24, 2.45) is 11.8 Å². The quantitative estimate of drug-likeness (QED) is 0.479. The molecule has 1 unspecified atom stereocenters. The molecule has 1 saturated heterocycles. The molecule has 34 heavy (non-hydrogen) atoms. The Hall–Kier alpha value is -2.70. The lowest BCUT2D eigenvalue weighted by Crippen LogP contribution is -2.47. The minimum absolute atomic E-state index is 0.132. The molecular weight excluding hydrogens is 444 g/mol. The van der Waals surface area contributed by atoms with Crippen LogP contribution in [-0.4, -0.2) is 42.7 Å². The number of nitrogens with zero attached hydrogens (tertiary/aromatic N) is 2. The predicted octanol–water partition coefficient (Wildman–Crippen LogP) is 5.07. The first kappa shape index (κ1) is 23.1. The minimum Gasteiger partial charge on any atom is -0.335 e. The zero-order valence-electron chi connectivity index (χ0n) is 19.6. The zero-order chi connectivity index (χ0) is 23.7. The largest absolute Gasteiger partial charge is 0.335 e. The highest BCUT2D eigenvalue weighted by Crippen LogP contribution is 2.37. The molecule has 1 atom stereocenters. The number of benzene rings is 3. The molecule has 3 aromatic rings. The van der Waals surface area contributed by atoms with Crippen molar-refractivity contribution in [1.29, 1.82) is 0 Å². The molecule has 2 aliphatic rings. The van der Waals surface area contributed by atoms with E-state index in [1.807, 2.05) is 53.4 Å². The Bertz CT molecular complexity index is 1260. The number of hydrogen-bond donors (Lipinski definition) is 0. The number of piperidine rings is 1. The van der Waals surface area contributed by atoms with Crippen LogP contribution < -0.4 is 0 Å². The van der Waals surface area contributed by atoms with Crippen molar-refractivity contribution in [2.75, 3.05) is 13.1 Å². The Morgan fingerprint density at radius 2 is 1.56 bits per heavy atom. The molecule has 6 heteroatoms. The molecule has 0 aromatic heterocycles. The summed E-state index contributed by atoms with van der Waals surface area (Å²) in [5.74, 6) is 0.625. The van der Waals surface area contributed by atoms with E-state index in [2.05, 4.69) is 19.1 Å². The first-order chi connectivity index (χ1) is 16.4. The van der Waals surface area contributed by atoms with Crippen molar-refractivity contribution >= 4 is 26.7 Å². The Labute approximate surface area is 202 Å². The molecule has 1 aliphatic carbocycles. The highest BCUT2D eigenvalue weighted by atomic mass is 32.2. The van der Waals surface area contributed by atoms with Gasteiger partial charge in [-0.3, -0.25) is 4.79 Å². The Morgan fingerprint density at radius 3 is 2.24 bits per heavy atom. The molecule has 5 nitrogen and oxygen atoms in total. The van der Waals surface area contributed by atoms with E-state index >= 15 is 0 Å². The van der Waals surface area contributed by atoms with E-state index in [1.165, 1.54) is 12.8 Å². The van der Waals surface area contributed by atoms with Crippen molar-refractivity contribution < 1.29 is 13.2 Å². The van der Waals surface area contributed by atoms with Crippen molar-refractivity contribution in [2.45, 2.75) is 50.1 Å². The third-order valence-electron chi connectivity index (χ3n) is 7.44. The van der Waals surface area contributed by atoms with Crippen LogP contribution in [0.5, 0.6) is 0 Å². The normalized spacial score (nSPS) is 18.6. The van der Waals surface area contributed by atoms with Gasteiger partial charge in [0.05, 0.1) is 4.90 Å². The summed E-state index contributed by atoms with van der Waals surface area (Å²) in [5, 5.41) is 1.94. The van der Waals surface area contributed by atoms with Crippen molar-refractivity contribution in [3.05, 3.63) is 78.4 Å². The van der Waals surface area contributed by atoms with Gasteiger partial charge in [-0.25, -0.2) is 8.42 Å². The molecular formula is C28H32N2O3S. The fraction of sp³-hybridized carbons (Fsp3) is 0.393. The van der Waals surface area contributed by atoms with Gasteiger partial charge in [-0.2, -0.15) is 4.31 Å². The summed E-state index contributed by atoms with van der Waals surface area (Å²) in [5.41, 5.74) is 1.14. The Balaban J connectivity index is 1.28. The highest BCUT2D eigenvalue weighted by molar-refractivity contribution is 7.89. The standard InChI is InChI=1S/C28H32N2O3S/c1-21(23-11-12-23)30(20-22-7-3-2-4-8-22)28(31)25-15-17-29(18-16-25)34(32,33)27-14-13-24-9-5-6-10-26(24)19-27/h2-10,13-14,19,21,23,25H,11-12,15-18,20H2,1H3. The molecule has 1 heterocycles. The molecule has 0 N–H and O–H groups in total. The van der Waals surface area contributed by atoms with Gasteiger partial charge in [0, 0.05) is 31.6 Å². The van der Waals surface area contributed by atoms with Gasteiger partial charge < -0.3 is 4.90 Å². The van der Waals surface area contributed by atoms with Crippen LogP contribution in [0.3, 0.4) is 0 Å². The van der Waals surface area contributed by atoms with Crippen LogP contribution in [-0.2, 0) is 21.4 Å². The van der Waals surface area contributed by atoms with Gasteiger partial charge in [-0.05, 0) is 67.0 Å². The molecule has 0 spiro atoms. The zero-order valence-corrected chi connectivity index (χ0v) is 20.5. The second-order valence-electron chi connectivity index (χ2n) is 9.72. The average molecular weight is 477 g/mol. The Morgan fingerprint density at radius 1 is 0.912 bits per heavy atom. The van der Waals surface area contributed by atoms with Crippen LogP contribution in [0.15, 0.2) is 77.7 Å². The molecule has 1 aliphatic heterocycles. The summed E-state index contributed by atoms with van der Waals surface area (Å²) >= 11 is 0. The monoisotopic (exact) mass is 476 g/mol. The van der Waals surface area contributed by atoms with E-state index < -0.39 is 10.0 Å². The predicted molar refractivity (Wildman–Crippen MR) is 135 cm³/mol. The molecule has 2 fully saturated rings. The molecule has 3 aromatic carbocycles. The number of carbonyl (C=O) groups is 1. The van der Waals surface area contributed by atoms with Crippen LogP contribution in [0.2, 0.25) is 0 Å². The molecule has 0 radical (unpaired) electrons. The van der Waals surface area contributed by atoms with E-state index in [-0.39, 0.29) is 17.9 Å². The van der Waals surface area contributed by atoms with Crippen LogP contribution in [0.1, 0.15) is 38.2 Å². The van der Waals surface area contributed by atoms with Gasteiger partial charge in [0.25, 0.3) is 0 Å². The van der Waals surface area contributed by atoms with Gasteiger partial charge in [0.2, 0.25) is 15.9 Å². The molecule has 178 valence electrons. The Kier molecular flexibility index (Phi) is 6.45. The summed E-state index contributed by atoms with van der Waals surface area (Å²) in [6.07, 6.45) is 3.49. The molecule has 1 amide bonds. The first-order valence-electron chi connectivity index (χ1n) is 12.3. The van der Waals surface area contributed by atoms with Crippen LogP contribution >= 0.6 is 0 Å². The van der Waals surface area contributed by atoms with Gasteiger partial charge in [-0.1, -0.05) is 60.7 Å². The summed E-state index contributed by atoms with van der Waals surface area (Å²) < 4.78 is 28.2. The lowest BCUT2D eigenvalue weighted by Gasteiger charge is -2.36. The number of carbonyl (C=O) groups excluding carboxylic acids is 1. The molecule has 5 rings (SSSR count). The number of rotatable bonds is 7. The fourth-order valence-electron chi connectivity index (χ4n) is 5.09. The summed E-state index contributed by atoms with van der Waals surface area (Å²) in [4.78, 5) is 16.0. The smallest absolute Gasteiger partial charge is 0.243 e. The van der Waals surface area contributed by atoms with E-state index in [0.717, 1.165) is 16.3 Å². The van der Waals surface area contributed by atoms with Crippen LogP contribution in [0.4, 0.5) is 0 Å². The average Bonchev–Trinajstić information content (AvgIpc) is 3.72. The lowest BCUT2D eigenvalue weighted by atomic mass is 9.95. The first-order valence-corrected chi connectivity index (χ1v) is 13.7. The topological polar surface area (TPSA) is 57.7 Å². The summed E-state index contributed by atoms with van der Waals surface area (Å²) in [6, 6.07) is 23.4. The second-order valence-corrected chi connectivity index (χ2v) is 11.7. The third kappa shape index (κ3) is 4.75. The van der Waals surface area contributed by atoms with Gasteiger partial charge in [0.15, 0.2) is 0 Å². The summed E-state index contributed by atoms with van der Waals surface area (Å²) in [7, 11) is -3.58. The summed E-state index contributed by atoms with van der Waals surface area (Å²) in [6.45, 7) is 3.54. The van der Waals surface area contributed by atoms with Crippen molar-refractivity contribution in [3.63, 3.8) is 0 Å². The van der Waals surface area contributed by atoms with Crippen molar-refractivity contribution in [3.8, 4) is 0 Å². The van der Waals surface area contributed by atoms with Crippen LogP contribution in [0, 0.1) is 11.8 Å². The van der Waals surface area contributed by atoms with Gasteiger partial charge >= 0.3 is 0 Å². The number of hydrogen-bond acceptors (Lipinski definition) is 3. The number of sulfonamides is 1. The maximum absolute atomic E-state index is 13.6. The van der Waals surface area contributed by atoms with E-state index in [0.29, 0.717) is 43.3 Å². The number of amides is 1. The van der Waals surface area contributed by atoms with Crippen LogP contribution in [0.25, 0.3) is 10.8 Å². The minimum atomic E-state index is -3.58.